The number of hydrazone groups is 1. The molecule has 1 aliphatic rings. The maximum absolute atomic E-state index is 10.6. The minimum Gasteiger partial charge on any atom is -0.550 e. The summed E-state index contributed by atoms with van der Waals surface area (Å²) in [4.78, 5) is 21.8. The number of carboxylic acid groups (broad SMARTS) is 1. The van der Waals surface area contributed by atoms with Gasteiger partial charge in [-0.1, -0.05) is 0 Å². The molecule has 8 heteroatoms. The first-order valence-corrected chi connectivity index (χ1v) is 9.69. The molecule has 0 radical (unpaired) electrons. The minimum absolute atomic E-state index is 0.0665. The van der Waals surface area contributed by atoms with Crippen LogP contribution in [0.1, 0.15) is 47.3 Å². The molecule has 0 saturated heterocycles. The molecule has 3 aromatic rings. The number of fused-ring (bicyclic) bond motifs is 3. The van der Waals surface area contributed by atoms with Crippen molar-refractivity contribution in [1.29, 1.82) is 0 Å². The van der Waals surface area contributed by atoms with Crippen molar-refractivity contribution in [1.82, 2.24) is 9.97 Å². The van der Waals surface area contributed by atoms with Crippen molar-refractivity contribution in [2.24, 2.45) is 5.10 Å². The zero-order chi connectivity index (χ0) is 19.0. The second kappa shape index (κ2) is 7.11. The normalized spacial score (nSPS) is 13.9. The Bertz CT molecular complexity index is 1050. The summed E-state index contributed by atoms with van der Waals surface area (Å²) < 4.78 is 5.63. The van der Waals surface area contributed by atoms with E-state index < -0.39 is 5.97 Å². The number of anilines is 1. The lowest BCUT2D eigenvalue weighted by molar-refractivity contribution is -0.305. The molecule has 0 fully saturated rings. The fraction of sp³-hybridized carbons (Fsp3) is 0.368. The second-order valence-corrected chi connectivity index (χ2v) is 7.71. The third-order valence-corrected chi connectivity index (χ3v) is 5.96. The SMILES string of the molecule is C/C(=N/Nc1ncnc2sc3c(c12)CCC3)c1cc(CCC(=O)[O-])oc1C. The first-order chi connectivity index (χ1) is 13.0. The number of aliphatic carboxylic acids is 1. The van der Waals surface area contributed by atoms with Crippen LogP contribution in [0, 0.1) is 6.92 Å². The Balaban J connectivity index is 1.58. The Labute approximate surface area is 160 Å². The van der Waals surface area contributed by atoms with Crippen molar-refractivity contribution < 1.29 is 14.3 Å². The second-order valence-electron chi connectivity index (χ2n) is 6.62. The molecular formula is C19H19N4O3S-. The number of carboxylic acids is 1. The van der Waals surface area contributed by atoms with E-state index in [1.54, 1.807) is 17.7 Å². The van der Waals surface area contributed by atoms with Crippen LogP contribution in [0.25, 0.3) is 10.2 Å². The lowest BCUT2D eigenvalue weighted by atomic mass is 10.1. The zero-order valence-electron chi connectivity index (χ0n) is 15.2. The Morgan fingerprint density at radius 2 is 2.26 bits per heavy atom. The number of hydrogen-bond acceptors (Lipinski definition) is 8. The molecule has 0 spiro atoms. The fourth-order valence-corrected chi connectivity index (χ4v) is 4.69. The predicted molar refractivity (Wildman–Crippen MR) is 102 cm³/mol. The molecule has 3 aromatic heterocycles. The van der Waals surface area contributed by atoms with Crippen LogP contribution in [0.3, 0.4) is 0 Å². The van der Waals surface area contributed by atoms with E-state index in [1.807, 2.05) is 19.9 Å². The van der Waals surface area contributed by atoms with Gasteiger partial charge in [-0.3, -0.25) is 5.43 Å². The van der Waals surface area contributed by atoms with Crippen LogP contribution in [0.15, 0.2) is 21.9 Å². The summed E-state index contributed by atoms with van der Waals surface area (Å²) >= 11 is 1.74. The largest absolute Gasteiger partial charge is 0.550 e. The van der Waals surface area contributed by atoms with Crippen LogP contribution in [-0.4, -0.2) is 21.6 Å². The maximum Gasteiger partial charge on any atom is 0.158 e. The van der Waals surface area contributed by atoms with Crippen molar-refractivity contribution >= 4 is 39.1 Å². The fourth-order valence-electron chi connectivity index (χ4n) is 3.46. The monoisotopic (exact) mass is 383 g/mol. The van der Waals surface area contributed by atoms with Gasteiger partial charge in [-0.15, -0.1) is 11.3 Å². The van der Waals surface area contributed by atoms with E-state index in [9.17, 15) is 9.90 Å². The van der Waals surface area contributed by atoms with Gasteiger partial charge >= 0.3 is 0 Å². The molecule has 0 unspecified atom stereocenters. The third-order valence-electron chi connectivity index (χ3n) is 4.76. The van der Waals surface area contributed by atoms with Crippen LogP contribution in [0.2, 0.25) is 0 Å². The van der Waals surface area contributed by atoms with Crippen molar-refractivity contribution in [3.05, 3.63) is 39.9 Å². The van der Waals surface area contributed by atoms with Crippen LogP contribution in [-0.2, 0) is 24.1 Å². The van der Waals surface area contributed by atoms with Crippen LogP contribution in [0.5, 0.6) is 0 Å². The Hall–Kier alpha value is -2.74. The molecule has 1 N–H and O–H groups in total. The molecule has 7 nitrogen and oxygen atoms in total. The van der Waals surface area contributed by atoms with Gasteiger partial charge in [0.15, 0.2) is 5.82 Å². The topological polar surface area (TPSA) is 103 Å². The predicted octanol–water partition coefficient (Wildman–Crippen LogP) is 2.60. The van der Waals surface area contributed by atoms with E-state index in [0.717, 1.165) is 40.2 Å². The highest BCUT2D eigenvalue weighted by Crippen LogP contribution is 2.39. The van der Waals surface area contributed by atoms with E-state index in [1.165, 1.54) is 16.9 Å². The number of rotatable bonds is 6. The summed E-state index contributed by atoms with van der Waals surface area (Å²) in [5.74, 6) is 0.947. The molecule has 3 heterocycles. The van der Waals surface area contributed by atoms with Crippen LogP contribution >= 0.6 is 11.3 Å². The number of thiophene rings is 1. The quantitative estimate of drug-likeness (QED) is 0.518. The Kier molecular flexibility index (Phi) is 4.65. The molecule has 0 aliphatic heterocycles. The Morgan fingerprint density at radius 3 is 3.07 bits per heavy atom. The van der Waals surface area contributed by atoms with Gasteiger partial charge in [-0.05, 0) is 51.2 Å². The number of hydrogen-bond donors (Lipinski definition) is 1. The molecule has 0 amide bonds. The van der Waals surface area contributed by atoms with Crippen LogP contribution in [0.4, 0.5) is 5.82 Å². The lowest BCUT2D eigenvalue weighted by Crippen LogP contribution is -2.22. The molecule has 0 aromatic carbocycles. The summed E-state index contributed by atoms with van der Waals surface area (Å²) in [6, 6.07) is 1.83. The van der Waals surface area contributed by atoms with Gasteiger partial charge < -0.3 is 14.3 Å². The smallest absolute Gasteiger partial charge is 0.158 e. The molecule has 0 bridgehead atoms. The highest BCUT2D eigenvalue weighted by Gasteiger charge is 2.21. The van der Waals surface area contributed by atoms with E-state index in [-0.39, 0.29) is 6.42 Å². The van der Waals surface area contributed by atoms with E-state index in [4.69, 9.17) is 4.42 Å². The number of furan rings is 1. The highest BCUT2D eigenvalue weighted by molar-refractivity contribution is 7.19. The molecule has 0 atom stereocenters. The summed E-state index contributed by atoms with van der Waals surface area (Å²) in [5.41, 5.74) is 6.02. The summed E-state index contributed by atoms with van der Waals surface area (Å²) in [7, 11) is 0. The number of aryl methyl sites for hydroxylation is 4. The highest BCUT2D eigenvalue weighted by atomic mass is 32.1. The standard InChI is InChI=1S/C19H20N4O3S/c1-10(14-8-12(26-11(14)2)6-7-16(24)25)22-23-18-17-13-4-3-5-15(13)27-19(17)21-9-20-18/h8-9H,3-7H2,1-2H3,(H,24,25)(H,20,21,23)/p-1/b22-10-. The van der Waals surface area contributed by atoms with Gasteiger partial charge in [0.2, 0.25) is 0 Å². The van der Waals surface area contributed by atoms with Gasteiger partial charge in [0, 0.05) is 22.8 Å². The molecule has 140 valence electrons. The van der Waals surface area contributed by atoms with Crippen molar-refractivity contribution in [3.8, 4) is 0 Å². The number of aromatic nitrogens is 2. The van der Waals surface area contributed by atoms with Gasteiger partial charge in [0.25, 0.3) is 0 Å². The summed E-state index contributed by atoms with van der Waals surface area (Å²) in [6.45, 7) is 3.72. The van der Waals surface area contributed by atoms with Crippen molar-refractivity contribution in [3.63, 3.8) is 0 Å². The first-order valence-electron chi connectivity index (χ1n) is 8.88. The molecule has 4 rings (SSSR count). The number of nitrogens with one attached hydrogen (secondary N) is 1. The van der Waals surface area contributed by atoms with Crippen molar-refractivity contribution in [2.75, 3.05) is 5.43 Å². The molecule has 0 saturated carbocycles. The molecular weight excluding hydrogens is 364 g/mol. The average molecular weight is 383 g/mol. The Morgan fingerprint density at radius 1 is 1.41 bits per heavy atom. The van der Waals surface area contributed by atoms with E-state index in [0.29, 0.717) is 17.9 Å². The van der Waals surface area contributed by atoms with Crippen LogP contribution < -0.4 is 10.5 Å². The average Bonchev–Trinajstić information content (AvgIpc) is 3.31. The van der Waals surface area contributed by atoms with E-state index >= 15 is 0 Å². The summed E-state index contributed by atoms with van der Waals surface area (Å²) in [5, 5.41) is 16.2. The van der Waals surface area contributed by atoms with Gasteiger partial charge in [0.1, 0.15) is 22.7 Å². The summed E-state index contributed by atoms with van der Waals surface area (Å²) in [6.07, 6.45) is 5.14. The third kappa shape index (κ3) is 3.44. The van der Waals surface area contributed by atoms with Crippen molar-refractivity contribution in [2.45, 2.75) is 46.0 Å². The minimum atomic E-state index is -1.09. The number of carbonyl (C=O) groups is 1. The van der Waals surface area contributed by atoms with Gasteiger partial charge in [0.05, 0.1) is 11.1 Å². The lowest BCUT2D eigenvalue weighted by Gasteiger charge is -2.04. The number of nitrogens with zero attached hydrogens (tertiary/aromatic N) is 3. The zero-order valence-corrected chi connectivity index (χ0v) is 16.0. The van der Waals surface area contributed by atoms with E-state index in [2.05, 4.69) is 20.5 Å². The van der Waals surface area contributed by atoms with Gasteiger partial charge in [-0.2, -0.15) is 5.10 Å². The maximum atomic E-state index is 10.6. The van der Waals surface area contributed by atoms with Gasteiger partial charge in [-0.25, -0.2) is 9.97 Å². The first kappa shape index (κ1) is 17.7. The number of carbonyl (C=O) groups excluding carboxylic acids is 1. The molecule has 27 heavy (non-hydrogen) atoms. The molecule has 1 aliphatic carbocycles.